The van der Waals surface area contributed by atoms with Gasteiger partial charge >= 0.3 is 0 Å². The summed E-state index contributed by atoms with van der Waals surface area (Å²) in [7, 11) is 3.07. The molecule has 7 heteroatoms. The molecular formula is C20H23N3O4. The Morgan fingerprint density at radius 1 is 1.00 bits per heavy atom. The molecule has 2 aromatic carbocycles. The Kier molecular flexibility index (Phi) is 7.37. The summed E-state index contributed by atoms with van der Waals surface area (Å²) in [5.41, 5.74) is 4.87. The molecule has 0 spiro atoms. The van der Waals surface area contributed by atoms with E-state index in [-0.39, 0.29) is 24.7 Å². The van der Waals surface area contributed by atoms with Crippen LogP contribution in [0.3, 0.4) is 0 Å². The molecular weight excluding hydrogens is 346 g/mol. The number of ether oxygens (including phenoxy) is 2. The first-order chi connectivity index (χ1) is 13.0. The fraction of sp³-hybridized carbons (Fsp3) is 0.250. The van der Waals surface area contributed by atoms with Crippen LogP contribution in [-0.4, -0.2) is 32.2 Å². The Balaban J connectivity index is 1.81. The molecule has 27 heavy (non-hydrogen) atoms. The van der Waals surface area contributed by atoms with Gasteiger partial charge in [-0.05, 0) is 31.2 Å². The second-order valence-corrected chi connectivity index (χ2v) is 5.79. The van der Waals surface area contributed by atoms with Crippen LogP contribution in [0, 0.1) is 6.92 Å². The number of aryl methyl sites for hydroxylation is 1. The van der Waals surface area contributed by atoms with E-state index in [4.69, 9.17) is 9.47 Å². The first kappa shape index (κ1) is 20.0. The number of hydrazone groups is 1. The van der Waals surface area contributed by atoms with Crippen molar-refractivity contribution in [1.29, 1.82) is 0 Å². The highest BCUT2D eigenvalue weighted by atomic mass is 16.5. The van der Waals surface area contributed by atoms with Crippen LogP contribution in [0.5, 0.6) is 11.5 Å². The zero-order valence-electron chi connectivity index (χ0n) is 15.6. The minimum absolute atomic E-state index is 0.0320. The summed E-state index contributed by atoms with van der Waals surface area (Å²) in [6.45, 7) is 1.97. The number of hydrogen-bond acceptors (Lipinski definition) is 5. The Labute approximate surface area is 158 Å². The van der Waals surface area contributed by atoms with Gasteiger partial charge in [0.15, 0.2) is 11.5 Å². The monoisotopic (exact) mass is 369 g/mol. The molecule has 0 aliphatic heterocycles. The number of nitrogens with one attached hydrogen (secondary N) is 2. The van der Waals surface area contributed by atoms with E-state index in [2.05, 4.69) is 15.8 Å². The van der Waals surface area contributed by atoms with Gasteiger partial charge in [0.05, 0.1) is 20.4 Å². The van der Waals surface area contributed by atoms with E-state index in [1.54, 1.807) is 25.3 Å². The van der Waals surface area contributed by atoms with E-state index in [0.717, 1.165) is 5.56 Å². The molecule has 0 radical (unpaired) electrons. The number of rotatable bonds is 8. The number of carbonyl (C=O) groups is 2. The fourth-order valence-corrected chi connectivity index (χ4v) is 2.33. The van der Waals surface area contributed by atoms with Crippen LogP contribution in [0.15, 0.2) is 47.6 Å². The van der Waals surface area contributed by atoms with Crippen LogP contribution < -0.4 is 20.2 Å². The lowest BCUT2D eigenvalue weighted by Gasteiger charge is -2.09. The molecule has 0 aliphatic rings. The summed E-state index contributed by atoms with van der Waals surface area (Å²) in [5, 5.41) is 6.65. The third kappa shape index (κ3) is 6.14. The van der Waals surface area contributed by atoms with Crippen molar-refractivity contribution < 1.29 is 19.1 Å². The minimum Gasteiger partial charge on any atom is -0.493 e. The smallest absolute Gasteiger partial charge is 0.240 e. The lowest BCUT2D eigenvalue weighted by Crippen LogP contribution is -2.20. The maximum Gasteiger partial charge on any atom is 0.240 e. The Bertz CT molecular complexity index is 816. The summed E-state index contributed by atoms with van der Waals surface area (Å²) in [6.07, 6.45) is 1.56. The van der Waals surface area contributed by atoms with Gasteiger partial charge in [0.1, 0.15) is 0 Å². The number of para-hydroxylation sites is 1. The largest absolute Gasteiger partial charge is 0.493 e. The van der Waals surface area contributed by atoms with E-state index in [9.17, 15) is 9.59 Å². The van der Waals surface area contributed by atoms with Gasteiger partial charge in [-0.3, -0.25) is 9.59 Å². The zero-order chi connectivity index (χ0) is 19.6. The van der Waals surface area contributed by atoms with Gasteiger partial charge in [-0.1, -0.05) is 23.8 Å². The molecule has 0 fully saturated rings. The lowest BCUT2D eigenvalue weighted by molar-refractivity contribution is -0.124. The molecule has 0 saturated carbocycles. The second-order valence-electron chi connectivity index (χ2n) is 5.79. The first-order valence-electron chi connectivity index (χ1n) is 8.43. The number of amides is 2. The predicted octanol–water partition coefficient (Wildman–Crippen LogP) is 2.88. The number of carbonyl (C=O) groups excluding carboxylic acids is 2. The standard InChI is InChI=1S/C20H23N3O4/c1-14-7-9-16(10-8-14)22-18(24)11-12-19(25)23-21-13-15-5-4-6-17(26-2)20(15)27-3/h4-10,13H,11-12H2,1-3H3,(H,22,24)(H,23,25). The molecule has 0 unspecified atom stereocenters. The third-order valence-corrected chi connectivity index (χ3v) is 3.74. The van der Waals surface area contributed by atoms with Gasteiger partial charge in [-0.2, -0.15) is 5.10 Å². The maximum atomic E-state index is 11.9. The summed E-state index contributed by atoms with van der Waals surface area (Å²) in [6, 6.07) is 12.8. The molecule has 2 amide bonds. The SMILES string of the molecule is COc1cccc(C=NNC(=O)CCC(=O)Nc2ccc(C)cc2)c1OC. The number of anilines is 1. The lowest BCUT2D eigenvalue weighted by atomic mass is 10.2. The van der Waals surface area contributed by atoms with Gasteiger partial charge < -0.3 is 14.8 Å². The summed E-state index contributed by atoms with van der Waals surface area (Å²) in [4.78, 5) is 23.7. The highest BCUT2D eigenvalue weighted by Gasteiger charge is 2.09. The van der Waals surface area contributed by atoms with Gasteiger partial charge in [-0.25, -0.2) is 5.43 Å². The van der Waals surface area contributed by atoms with Crippen molar-refractivity contribution in [2.75, 3.05) is 19.5 Å². The van der Waals surface area contributed by atoms with Crippen LogP contribution in [-0.2, 0) is 9.59 Å². The van der Waals surface area contributed by atoms with E-state index in [1.165, 1.54) is 13.3 Å². The summed E-state index contributed by atoms with van der Waals surface area (Å²) >= 11 is 0. The molecule has 2 aromatic rings. The van der Waals surface area contributed by atoms with Crippen LogP contribution in [0.25, 0.3) is 0 Å². The second kappa shape index (κ2) is 9.96. The molecule has 0 aliphatic carbocycles. The number of nitrogens with zero attached hydrogens (tertiary/aromatic N) is 1. The Hall–Kier alpha value is -3.35. The Morgan fingerprint density at radius 3 is 2.37 bits per heavy atom. The molecule has 0 saturated heterocycles. The van der Waals surface area contributed by atoms with Gasteiger partial charge in [-0.15, -0.1) is 0 Å². The number of hydrogen-bond donors (Lipinski definition) is 2. The topological polar surface area (TPSA) is 89.0 Å². The van der Waals surface area contributed by atoms with Crippen molar-refractivity contribution in [2.24, 2.45) is 5.10 Å². The van der Waals surface area contributed by atoms with Crippen molar-refractivity contribution in [2.45, 2.75) is 19.8 Å². The summed E-state index contributed by atoms with van der Waals surface area (Å²) in [5.74, 6) is 0.510. The first-order valence-corrected chi connectivity index (χ1v) is 8.43. The number of methoxy groups -OCH3 is 2. The van der Waals surface area contributed by atoms with Crippen LogP contribution in [0.4, 0.5) is 5.69 Å². The fourth-order valence-electron chi connectivity index (χ4n) is 2.33. The highest BCUT2D eigenvalue weighted by Crippen LogP contribution is 2.29. The molecule has 142 valence electrons. The molecule has 0 bridgehead atoms. The van der Waals surface area contributed by atoms with Crippen molar-refractivity contribution in [3.63, 3.8) is 0 Å². The van der Waals surface area contributed by atoms with Crippen LogP contribution in [0.1, 0.15) is 24.0 Å². The summed E-state index contributed by atoms with van der Waals surface area (Å²) < 4.78 is 10.5. The average Bonchev–Trinajstić information content (AvgIpc) is 2.68. The third-order valence-electron chi connectivity index (χ3n) is 3.74. The molecule has 7 nitrogen and oxygen atoms in total. The van der Waals surface area contributed by atoms with Crippen LogP contribution >= 0.6 is 0 Å². The quantitative estimate of drug-likeness (QED) is 0.553. The van der Waals surface area contributed by atoms with Crippen LogP contribution in [0.2, 0.25) is 0 Å². The molecule has 2 N–H and O–H groups in total. The van der Waals surface area contributed by atoms with E-state index < -0.39 is 0 Å². The zero-order valence-corrected chi connectivity index (χ0v) is 15.6. The van der Waals surface area contributed by atoms with Crippen molar-refractivity contribution in [3.8, 4) is 11.5 Å². The van der Waals surface area contributed by atoms with E-state index in [1.807, 2.05) is 31.2 Å². The molecule has 0 aromatic heterocycles. The number of benzene rings is 2. The molecule has 0 atom stereocenters. The predicted molar refractivity (Wildman–Crippen MR) is 104 cm³/mol. The molecule has 0 heterocycles. The van der Waals surface area contributed by atoms with Gasteiger partial charge in [0.25, 0.3) is 0 Å². The normalized spacial score (nSPS) is 10.5. The molecule has 2 rings (SSSR count). The minimum atomic E-state index is -0.354. The van der Waals surface area contributed by atoms with Crippen molar-refractivity contribution in [3.05, 3.63) is 53.6 Å². The van der Waals surface area contributed by atoms with E-state index >= 15 is 0 Å². The van der Waals surface area contributed by atoms with Gasteiger partial charge in [0, 0.05) is 24.1 Å². The van der Waals surface area contributed by atoms with Crippen molar-refractivity contribution in [1.82, 2.24) is 5.43 Å². The van der Waals surface area contributed by atoms with Gasteiger partial charge in [0.2, 0.25) is 11.8 Å². The van der Waals surface area contributed by atoms with E-state index in [0.29, 0.717) is 22.7 Å². The maximum absolute atomic E-state index is 11.9. The average molecular weight is 369 g/mol. The highest BCUT2D eigenvalue weighted by molar-refractivity contribution is 5.93. The Morgan fingerprint density at radius 2 is 1.70 bits per heavy atom. The van der Waals surface area contributed by atoms with Crippen molar-refractivity contribution >= 4 is 23.7 Å².